The average Bonchev–Trinajstić information content (AvgIpc) is 3.17. The lowest BCUT2D eigenvalue weighted by atomic mass is 10.1. The smallest absolute Gasteiger partial charge is 0.298 e. The maximum absolute atomic E-state index is 12.6. The lowest BCUT2D eigenvalue weighted by molar-refractivity contribution is 0.0772. The van der Waals surface area contributed by atoms with Crippen LogP contribution in [0.25, 0.3) is 0 Å². The molecule has 152 valence electrons. The summed E-state index contributed by atoms with van der Waals surface area (Å²) in [5, 5.41) is 0.457. The van der Waals surface area contributed by atoms with E-state index >= 15 is 0 Å². The molecule has 6 nitrogen and oxygen atoms in total. The second kappa shape index (κ2) is 9.52. The monoisotopic (exact) mass is 411 g/mol. The van der Waals surface area contributed by atoms with E-state index in [0.717, 1.165) is 16.9 Å². The van der Waals surface area contributed by atoms with E-state index in [1.54, 1.807) is 18.1 Å². The van der Waals surface area contributed by atoms with Crippen LogP contribution in [0.5, 0.6) is 16.7 Å². The molecule has 0 aliphatic heterocycles. The Hall–Kier alpha value is -2.93. The van der Waals surface area contributed by atoms with Gasteiger partial charge in [-0.05, 0) is 56.2 Å². The van der Waals surface area contributed by atoms with Gasteiger partial charge in [-0.2, -0.15) is 9.36 Å². The van der Waals surface area contributed by atoms with Crippen molar-refractivity contribution in [1.29, 1.82) is 0 Å². The highest BCUT2D eigenvalue weighted by molar-refractivity contribution is 7.07. The minimum Gasteiger partial charge on any atom is -0.497 e. The van der Waals surface area contributed by atoms with Crippen LogP contribution in [0.2, 0.25) is 0 Å². The molecule has 0 saturated heterocycles. The fourth-order valence-electron chi connectivity index (χ4n) is 2.95. The fourth-order valence-corrected chi connectivity index (χ4v) is 3.51. The van der Waals surface area contributed by atoms with E-state index in [-0.39, 0.29) is 5.91 Å². The molecule has 29 heavy (non-hydrogen) atoms. The Morgan fingerprint density at radius 3 is 2.66 bits per heavy atom. The first kappa shape index (κ1) is 20.8. The van der Waals surface area contributed by atoms with Gasteiger partial charge in [-0.25, -0.2) is 0 Å². The molecule has 3 aromatic rings. The van der Waals surface area contributed by atoms with Crippen molar-refractivity contribution in [2.45, 2.75) is 27.2 Å². The summed E-state index contributed by atoms with van der Waals surface area (Å²) in [5.74, 6) is 2.11. The minimum absolute atomic E-state index is 0.00386. The standard InChI is InChI=1S/C22H25N3O3S/c1-5-25(6-2)21(26)17-11-10-15(3)19(14-17)28-22-23-20(24-29-22)13-16-8-7-9-18(12-16)27-4/h7-12,14H,5-6,13H2,1-4H3. The van der Waals surface area contributed by atoms with E-state index in [1.807, 2.05) is 57.2 Å². The maximum atomic E-state index is 12.6. The van der Waals surface area contributed by atoms with Crippen molar-refractivity contribution in [1.82, 2.24) is 14.3 Å². The number of aryl methyl sites for hydroxylation is 1. The van der Waals surface area contributed by atoms with Crippen LogP contribution < -0.4 is 9.47 Å². The molecule has 0 fully saturated rings. The number of hydrogen-bond donors (Lipinski definition) is 0. The van der Waals surface area contributed by atoms with Gasteiger partial charge in [0.25, 0.3) is 11.1 Å². The van der Waals surface area contributed by atoms with Gasteiger partial charge in [0.15, 0.2) is 5.82 Å². The number of ether oxygens (including phenoxy) is 2. The highest BCUT2D eigenvalue weighted by Gasteiger charge is 2.15. The molecule has 0 N–H and O–H groups in total. The number of nitrogens with zero attached hydrogens (tertiary/aromatic N) is 3. The van der Waals surface area contributed by atoms with Gasteiger partial charge >= 0.3 is 0 Å². The molecule has 7 heteroatoms. The number of carbonyl (C=O) groups excluding carboxylic acids is 1. The number of methoxy groups -OCH3 is 1. The van der Waals surface area contributed by atoms with Gasteiger partial charge in [0.1, 0.15) is 11.5 Å². The number of rotatable bonds is 8. The second-order valence-electron chi connectivity index (χ2n) is 6.56. The molecule has 0 saturated carbocycles. The molecule has 1 aromatic heterocycles. The first-order chi connectivity index (χ1) is 14.0. The third-order valence-corrected chi connectivity index (χ3v) is 5.26. The van der Waals surface area contributed by atoms with E-state index < -0.39 is 0 Å². The van der Waals surface area contributed by atoms with Crippen molar-refractivity contribution >= 4 is 17.4 Å². The van der Waals surface area contributed by atoms with Crippen molar-refractivity contribution in [3.63, 3.8) is 0 Å². The van der Waals surface area contributed by atoms with Crippen LogP contribution in [0.15, 0.2) is 42.5 Å². The zero-order chi connectivity index (χ0) is 20.8. The van der Waals surface area contributed by atoms with Crippen molar-refractivity contribution < 1.29 is 14.3 Å². The molecule has 1 amide bonds. The summed E-state index contributed by atoms with van der Waals surface area (Å²) in [6.07, 6.45) is 0.594. The summed E-state index contributed by atoms with van der Waals surface area (Å²) in [6, 6.07) is 13.3. The van der Waals surface area contributed by atoms with Crippen LogP contribution in [-0.2, 0) is 6.42 Å². The number of carbonyl (C=O) groups is 1. The molecule has 3 rings (SSSR count). The molecule has 0 radical (unpaired) electrons. The Kier molecular flexibility index (Phi) is 6.82. The van der Waals surface area contributed by atoms with Gasteiger partial charge in [0.2, 0.25) is 0 Å². The molecular formula is C22H25N3O3S. The van der Waals surface area contributed by atoms with Crippen LogP contribution in [0.4, 0.5) is 0 Å². The van der Waals surface area contributed by atoms with Crippen molar-refractivity contribution in [3.8, 4) is 16.7 Å². The first-order valence-electron chi connectivity index (χ1n) is 9.57. The van der Waals surface area contributed by atoms with Gasteiger partial charge in [-0.15, -0.1) is 0 Å². The van der Waals surface area contributed by atoms with E-state index in [9.17, 15) is 4.79 Å². The van der Waals surface area contributed by atoms with E-state index in [0.29, 0.717) is 41.8 Å². The van der Waals surface area contributed by atoms with Crippen molar-refractivity contribution in [2.24, 2.45) is 0 Å². The Labute approximate surface area is 175 Å². The summed E-state index contributed by atoms with van der Waals surface area (Å²) in [7, 11) is 1.65. The highest BCUT2D eigenvalue weighted by Crippen LogP contribution is 2.28. The summed E-state index contributed by atoms with van der Waals surface area (Å²) < 4.78 is 15.6. The maximum Gasteiger partial charge on any atom is 0.298 e. The Morgan fingerprint density at radius 2 is 1.93 bits per heavy atom. The molecule has 1 heterocycles. The van der Waals surface area contributed by atoms with Gasteiger partial charge in [-0.3, -0.25) is 4.79 Å². The lowest BCUT2D eigenvalue weighted by Crippen LogP contribution is -2.30. The van der Waals surface area contributed by atoms with Crippen molar-refractivity contribution in [2.75, 3.05) is 20.2 Å². The number of amides is 1. The van der Waals surface area contributed by atoms with Gasteiger partial charge < -0.3 is 14.4 Å². The van der Waals surface area contributed by atoms with E-state index in [4.69, 9.17) is 9.47 Å². The Balaban J connectivity index is 1.75. The minimum atomic E-state index is -0.00386. The van der Waals surface area contributed by atoms with Crippen LogP contribution in [0.1, 0.15) is 41.2 Å². The van der Waals surface area contributed by atoms with Gasteiger partial charge in [-0.1, -0.05) is 18.2 Å². The van der Waals surface area contributed by atoms with Crippen LogP contribution in [0.3, 0.4) is 0 Å². The molecule has 0 aliphatic carbocycles. The predicted molar refractivity (Wildman–Crippen MR) is 114 cm³/mol. The molecular weight excluding hydrogens is 386 g/mol. The fraction of sp³-hybridized carbons (Fsp3) is 0.318. The molecule has 2 aromatic carbocycles. The van der Waals surface area contributed by atoms with Gasteiger partial charge in [0, 0.05) is 36.6 Å². The van der Waals surface area contributed by atoms with Crippen LogP contribution in [-0.4, -0.2) is 40.4 Å². The zero-order valence-electron chi connectivity index (χ0n) is 17.1. The Bertz CT molecular complexity index is 983. The summed E-state index contributed by atoms with van der Waals surface area (Å²) in [4.78, 5) is 18.9. The summed E-state index contributed by atoms with van der Waals surface area (Å²) in [5.41, 5.74) is 2.61. The predicted octanol–water partition coefficient (Wildman–Crippen LogP) is 4.72. The summed E-state index contributed by atoms with van der Waals surface area (Å²) in [6.45, 7) is 7.22. The lowest BCUT2D eigenvalue weighted by Gasteiger charge is -2.19. The van der Waals surface area contributed by atoms with Crippen molar-refractivity contribution in [3.05, 3.63) is 65.0 Å². The molecule has 0 aliphatic rings. The average molecular weight is 412 g/mol. The SMILES string of the molecule is CCN(CC)C(=O)c1ccc(C)c(Oc2nc(Cc3cccc(OC)c3)ns2)c1. The van der Waals surface area contributed by atoms with E-state index in [1.165, 1.54) is 11.5 Å². The normalized spacial score (nSPS) is 10.6. The van der Waals surface area contributed by atoms with Crippen LogP contribution in [0, 0.1) is 6.92 Å². The van der Waals surface area contributed by atoms with E-state index in [2.05, 4.69) is 9.36 Å². The zero-order valence-corrected chi connectivity index (χ0v) is 18.0. The molecule has 0 unspecified atom stereocenters. The van der Waals surface area contributed by atoms with Gasteiger partial charge in [0.05, 0.1) is 7.11 Å². The highest BCUT2D eigenvalue weighted by atomic mass is 32.1. The third kappa shape index (κ3) is 5.12. The molecule has 0 bridgehead atoms. The number of hydrogen-bond acceptors (Lipinski definition) is 6. The number of benzene rings is 2. The number of aromatic nitrogens is 2. The Morgan fingerprint density at radius 1 is 1.14 bits per heavy atom. The largest absolute Gasteiger partial charge is 0.497 e. The second-order valence-corrected chi connectivity index (χ2v) is 7.28. The third-order valence-electron chi connectivity index (χ3n) is 4.63. The first-order valence-corrected chi connectivity index (χ1v) is 10.3. The van der Waals surface area contributed by atoms with Crippen LogP contribution >= 0.6 is 11.5 Å². The molecule has 0 spiro atoms. The topological polar surface area (TPSA) is 64.6 Å². The summed E-state index contributed by atoms with van der Waals surface area (Å²) >= 11 is 1.20. The quantitative estimate of drug-likeness (QED) is 0.537. The molecule has 0 atom stereocenters.